The van der Waals surface area contributed by atoms with Gasteiger partial charge in [-0.15, -0.1) is 0 Å². The van der Waals surface area contributed by atoms with Crippen LogP contribution in [0.1, 0.15) is 12.0 Å². The number of nitrogen functional groups attached to an aromatic ring is 1. The minimum atomic E-state index is -0.325. The monoisotopic (exact) mass is 233 g/mol. The summed E-state index contributed by atoms with van der Waals surface area (Å²) in [5.74, 6) is 0.627. The van der Waals surface area contributed by atoms with Crippen molar-refractivity contribution in [2.24, 2.45) is 0 Å². The van der Waals surface area contributed by atoms with Crippen LogP contribution in [0.2, 0.25) is 0 Å². The fourth-order valence-electron chi connectivity index (χ4n) is 2.12. The Balaban J connectivity index is 2.20. The van der Waals surface area contributed by atoms with Crippen molar-refractivity contribution in [2.45, 2.75) is 12.8 Å². The van der Waals surface area contributed by atoms with Crippen molar-refractivity contribution >= 4 is 5.82 Å². The van der Waals surface area contributed by atoms with Gasteiger partial charge in [0, 0.05) is 6.07 Å². The minimum absolute atomic E-state index is 0.325. The van der Waals surface area contributed by atoms with E-state index in [2.05, 4.69) is 10.2 Å². The summed E-state index contributed by atoms with van der Waals surface area (Å²) in [6, 6.07) is 4.84. The van der Waals surface area contributed by atoms with E-state index in [0.29, 0.717) is 29.4 Å². The molecule has 0 saturated carbocycles. The molecular formula is C12H12FN3O. The lowest BCUT2D eigenvalue weighted by molar-refractivity contribution is 0.288. The first kappa shape index (κ1) is 10.1. The molecule has 0 fully saturated rings. The predicted octanol–water partition coefficient (Wildman–Crippen LogP) is 2.12. The van der Waals surface area contributed by atoms with E-state index in [1.165, 1.54) is 6.07 Å². The molecule has 2 aromatic rings. The Labute approximate surface area is 97.6 Å². The van der Waals surface area contributed by atoms with E-state index in [0.717, 1.165) is 18.4 Å². The molecule has 0 bridgehead atoms. The second kappa shape index (κ2) is 3.76. The molecule has 0 aliphatic carbocycles. The van der Waals surface area contributed by atoms with Gasteiger partial charge >= 0.3 is 0 Å². The first-order chi connectivity index (χ1) is 8.25. The molecule has 3 rings (SSSR count). The van der Waals surface area contributed by atoms with Gasteiger partial charge in [0.15, 0.2) is 0 Å². The Morgan fingerprint density at radius 2 is 2.29 bits per heavy atom. The third-order valence-electron chi connectivity index (χ3n) is 2.89. The number of aryl methyl sites for hydroxylation is 1. The van der Waals surface area contributed by atoms with E-state index in [1.807, 2.05) is 0 Å². The molecule has 0 spiro atoms. The van der Waals surface area contributed by atoms with Gasteiger partial charge in [-0.05, 0) is 24.5 Å². The average molecular weight is 233 g/mol. The number of H-pyrrole nitrogens is 1. The maximum Gasteiger partial charge on any atom is 0.145 e. The molecule has 1 aromatic carbocycles. The number of benzene rings is 1. The molecule has 17 heavy (non-hydrogen) atoms. The van der Waals surface area contributed by atoms with Gasteiger partial charge in [-0.25, -0.2) is 4.39 Å². The second-order valence-electron chi connectivity index (χ2n) is 4.07. The number of fused-ring (bicyclic) bond motifs is 1. The fourth-order valence-corrected chi connectivity index (χ4v) is 2.12. The number of aromatic nitrogens is 2. The Morgan fingerprint density at radius 3 is 3.06 bits per heavy atom. The Hall–Kier alpha value is -2.04. The second-order valence-corrected chi connectivity index (χ2v) is 4.07. The Bertz CT molecular complexity index is 565. The Morgan fingerprint density at radius 1 is 1.41 bits per heavy atom. The summed E-state index contributed by atoms with van der Waals surface area (Å²) >= 11 is 0. The predicted molar refractivity (Wildman–Crippen MR) is 62.2 cm³/mol. The number of nitrogens with one attached hydrogen (secondary N) is 1. The molecule has 0 atom stereocenters. The van der Waals surface area contributed by atoms with Crippen LogP contribution in [0.5, 0.6) is 5.75 Å². The molecule has 3 N–H and O–H groups in total. The quantitative estimate of drug-likeness (QED) is 0.793. The van der Waals surface area contributed by atoms with E-state index < -0.39 is 0 Å². The normalized spacial score (nSPS) is 14.2. The summed E-state index contributed by atoms with van der Waals surface area (Å²) in [7, 11) is 0. The van der Waals surface area contributed by atoms with Crippen molar-refractivity contribution in [3.8, 4) is 17.0 Å². The molecule has 88 valence electrons. The first-order valence-electron chi connectivity index (χ1n) is 5.51. The topological polar surface area (TPSA) is 63.9 Å². The zero-order chi connectivity index (χ0) is 11.8. The number of anilines is 1. The maximum absolute atomic E-state index is 13.9. The number of hydrogen-bond acceptors (Lipinski definition) is 3. The summed E-state index contributed by atoms with van der Waals surface area (Å²) < 4.78 is 19.5. The van der Waals surface area contributed by atoms with E-state index >= 15 is 0 Å². The van der Waals surface area contributed by atoms with Gasteiger partial charge < -0.3 is 10.5 Å². The van der Waals surface area contributed by atoms with Crippen LogP contribution >= 0.6 is 0 Å². The number of rotatable bonds is 1. The van der Waals surface area contributed by atoms with E-state index in [1.54, 1.807) is 12.1 Å². The molecular weight excluding hydrogens is 221 g/mol. The third kappa shape index (κ3) is 1.63. The highest BCUT2D eigenvalue weighted by molar-refractivity contribution is 5.71. The summed E-state index contributed by atoms with van der Waals surface area (Å²) in [5, 5.41) is 6.53. The SMILES string of the molecule is Nc1cc(-c2c(F)ccc3c2OCCC3)[nH]n1. The van der Waals surface area contributed by atoms with Crippen molar-refractivity contribution in [1.29, 1.82) is 0 Å². The number of aromatic amines is 1. The van der Waals surface area contributed by atoms with Crippen LogP contribution in [0.15, 0.2) is 18.2 Å². The van der Waals surface area contributed by atoms with Crippen molar-refractivity contribution in [1.82, 2.24) is 10.2 Å². The highest BCUT2D eigenvalue weighted by Crippen LogP contribution is 2.37. The molecule has 2 heterocycles. The van der Waals surface area contributed by atoms with Crippen LogP contribution in [0.4, 0.5) is 10.2 Å². The number of hydrogen-bond donors (Lipinski definition) is 2. The number of nitrogens with zero attached hydrogens (tertiary/aromatic N) is 1. The molecule has 0 unspecified atom stereocenters. The minimum Gasteiger partial charge on any atom is -0.492 e. The van der Waals surface area contributed by atoms with E-state index in [-0.39, 0.29) is 5.82 Å². The summed E-state index contributed by atoms with van der Waals surface area (Å²) in [4.78, 5) is 0. The zero-order valence-electron chi connectivity index (χ0n) is 9.16. The lowest BCUT2D eigenvalue weighted by atomic mass is 10.00. The summed E-state index contributed by atoms with van der Waals surface area (Å²) in [5.41, 5.74) is 7.54. The average Bonchev–Trinajstić information content (AvgIpc) is 2.75. The highest BCUT2D eigenvalue weighted by Gasteiger charge is 2.20. The standard InChI is InChI=1S/C12H12FN3O/c13-8-4-3-7-2-1-5-17-12(7)11(8)9-6-10(14)16-15-9/h3-4,6H,1-2,5H2,(H3,14,15,16). The largest absolute Gasteiger partial charge is 0.492 e. The van der Waals surface area contributed by atoms with Crippen LogP contribution in [0.25, 0.3) is 11.3 Å². The van der Waals surface area contributed by atoms with Crippen LogP contribution in [-0.2, 0) is 6.42 Å². The molecule has 1 aliphatic rings. The number of ether oxygens (including phenoxy) is 1. The molecule has 1 aliphatic heterocycles. The van der Waals surface area contributed by atoms with Gasteiger partial charge in [-0.3, -0.25) is 5.10 Å². The molecule has 0 amide bonds. The van der Waals surface area contributed by atoms with Crippen LogP contribution < -0.4 is 10.5 Å². The Kier molecular flexibility index (Phi) is 2.24. The van der Waals surface area contributed by atoms with Gasteiger partial charge in [0.1, 0.15) is 17.4 Å². The zero-order valence-corrected chi connectivity index (χ0v) is 9.16. The molecule has 0 radical (unpaired) electrons. The van der Waals surface area contributed by atoms with Gasteiger partial charge in [0.05, 0.1) is 17.9 Å². The fraction of sp³-hybridized carbons (Fsp3) is 0.250. The number of nitrogens with two attached hydrogens (primary N) is 1. The van der Waals surface area contributed by atoms with Gasteiger partial charge in [0.2, 0.25) is 0 Å². The molecule has 0 saturated heterocycles. The lowest BCUT2D eigenvalue weighted by Crippen LogP contribution is -2.10. The van der Waals surface area contributed by atoms with Crippen molar-refractivity contribution in [2.75, 3.05) is 12.3 Å². The summed E-state index contributed by atoms with van der Waals surface area (Å²) in [6.07, 6.45) is 1.87. The van der Waals surface area contributed by atoms with E-state index in [4.69, 9.17) is 10.5 Å². The van der Waals surface area contributed by atoms with Crippen molar-refractivity contribution < 1.29 is 9.13 Å². The summed E-state index contributed by atoms with van der Waals surface area (Å²) in [6.45, 7) is 0.618. The molecule has 4 nitrogen and oxygen atoms in total. The first-order valence-corrected chi connectivity index (χ1v) is 5.51. The van der Waals surface area contributed by atoms with Gasteiger partial charge in [0.25, 0.3) is 0 Å². The molecule has 5 heteroatoms. The molecule has 1 aromatic heterocycles. The lowest BCUT2D eigenvalue weighted by Gasteiger charge is -2.20. The number of halogens is 1. The van der Waals surface area contributed by atoms with Gasteiger partial charge in [-0.2, -0.15) is 5.10 Å². The van der Waals surface area contributed by atoms with Crippen LogP contribution in [-0.4, -0.2) is 16.8 Å². The third-order valence-corrected chi connectivity index (χ3v) is 2.89. The van der Waals surface area contributed by atoms with Crippen LogP contribution in [0.3, 0.4) is 0 Å². The van der Waals surface area contributed by atoms with Crippen molar-refractivity contribution in [3.63, 3.8) is 0 Å². The highest BCUT2D eigenvalue weighted by atomic mass is 19.1. The van der Waals surface area contributed by atoms with Crippen LogP contribution in [0, 0.1) is 5.82 Å². The van der Waals surface area contributed by atoms with Crippen molar-refractivity contribution in [3.05, 3.63) is 29.6 Å². The maximum atomic E-state index is 13.9. The van der Waals surface area contributed by atoms with Gasteiger partial charge in [-0.1, -0.05) is 6.07 Å². The smallest absolute Gasteiger partial charge is 0.145 e. The van der Waals surface area contributed by atoms with E-state index in [9.17, 15) is 4.39 Å².